The van der Waals surface area contributed by atoms with Crippen molar-refractivity contribution in [2.45, 2.75) is 51.2 Å². The van der Waals surface area contributed by atoms with Gasteiger partial charge in [0.25, 0.3) is 0 Å². The van der Waals surface area contributed by atoms with Crippen molar-refractivity contribution in [2.75, 3.05) is 6.61 Å². The summed E-state index contributed by atoms with van der Waals surface area (Å²) < 4.78 is 4.85. The van der Waals surface area contributed by atoms with Gasteiger partial charge in [0, 0.05) is 0 Å². The molecule has 0 aromatic rings. The molecule has 3 N–H and O–H groups in total. The van der Waals surface area contributed by atoms with Crippen LogP contribution in [0.15, 0.2) is 0 Å². The highest BCUT2D eigenvalue weighted by atomic mass is 35.5. The van der Waals surface area contributed by atoms with Crippen LogP contribution < -0.4 is 5.73 Å². The molecule has 1 aliphatic rings. The number of hydrogen-bond acceptors (Lipinski definition) is 4. The van der Waals surface area contributed by atoms with Gasteiger partial charge in [0.15, 0.2) is 0 Å². The summed E-state index contributed by atoms with van der Waals surface area (Å²) in [6.07, 6.45) is 4.13. The molecule has 1 saturated carbocycles. The molecule has 1 atom stereocenters. The third kappa shape index (κ3) is 5.14. The van der Waals surface area contributed by atoms with Gasteiger partial charge in [-0.2, -0.15) is 0 Å². The number of ether oxygens (including phenoxy) is 1. The summed E-state index contributed by atoms with van der Waals surface area (Å²) >= 11 is 0. The lowest BCUT2D eigenvalue weighted by Gasteiger charge is -2.26. The van der Waals surface area contributed by atoms with E-state index < -0.39 is 6.04 Å². The maximum absolute atomic E-state index is 11.3. The van der Waals surface area contributed by atoms with E-state index in [1.54, 1.807) is 6.92 Å². The van der Waals surface area contributed by atoms with Crippen molar-refractivity contribution in [1.29, 1.82) is 0 Å². The highest BCUT2D eigenvalue weighted by Crippen LogP contribution is 2.27. The summed E-state index contributed by atoms with van der Waals surface area (Å²) in [5.74, 6) is 0.163. The molecule has 16 heavy (non-hydrogen) atoms. The smallest absolute Gasteiger partial charge is 0.322 e. The van der Waals surface area contributed by atoms with E-state index in [0.29, 0.717) is 18.9 Å². The van der Waals surface area contributed by atoms with Gasteiger partial charge >= 0.3 is 5.97 Å². The van der Waals surface area contributed by atoms with Crippen molar-refractivity contribution in [3.8, 4) is 0 Å². The van der Waals surface area contributed by atoms with E-state index in [-0.39, 0.29) is 24.5 Å². The molecular formula is C11H22ClNO3. The number of rotatable bonds is 4. The third-order valence-electron chi connectivity index (χ3n) is 2.99. The second-order valence-electron chi connectivity index (χ2n) is 4.27. The first-order valence-corrected chi connectivity index (χ1v) is 5.73. The number of nitrogens with two attached hydrogens (primary N) is 1. The van der Waals surface area contributed by atoms with Crippen molar-refractivity contribution < 1.29 is 14.6 Å². The summed E-state index contributed by atoms with van der Waals surface area (Å²) in [6.45, 7) is 2.16. The number of halogens is 1. The van der Waals surface area contributed by atoms with Gasteiger partial charge < -0.3 is 15.6 Å². The highest BCUT2D eigenvalue weighted by molar-refractivity contribution is 5.85. The minimum atomic E-state index is -0.495. The Bertz CT molecular complexity index is 205. The van der Waals surface area contributed by atoms with Gasteiger partial charge in [0.2, 0.25) is 0 Å². The Morgan fingerprint density at radius 1 is 1.44 bits per heavy atom. The molecule has 1 fully saturated rings. The van der Waals surface area contributed by atoms with Gasteiger partial charge in [-0.05, 0) is 44.9 Å². The normalized spacial score (nSPS) is 26.7. The van der Waals surface area contributed by atoms with Gasteiger partial charge in [0.05, 0.1) is 12.7 Å². The van der Waals surface area contributed by atoms with Crippen LogP contribution in [0.3, 0.4) is 0 Å². The van der Waals surface area contributed by atoms with E-state index in [0.717, 1.165) is 25.7 Å². The zero-order chi connectivity index (χ0) is 11.3. The van der Waals surface area contributed by atoms with Crippen LogP contribution in [0.4, 0.5) is 0 Å². The van der Waals surface area contributed by atoms with E-state index >= 15 is 0 Å². The summed E-state index contributed by atoms with van der Waals surface area (Å²) in [6, 6.07) is -0.495. The van der Waals surface area contributed by atoms with Crippen LogP contribution in [0.25, 0.3) is 0 Å². The molecule has 5 heteroatoms. The molecule has 4 nitrogen and oxygen atoms in total. The zero-order valence-corrected chi connectivity index (χ0v) is 10.5. The van der Waals surface area contributed by atoms with Gasteiger partial charge in [-0.3, -0.25) is 4.79 Å². The van der Waals surface area contributed by atoms with Crippen LogP contribution >= 0.6 is 12.4 Å². The van der Waals surface area contributed by atoms with Crippen LogP contribution in [0.1, 0.15) is 39.0 Å². The predicted molar refractivity (Wildman–Crippen MR) is 64.4 cm³/mol. The first-order chi connectivity index (χ1) is 7.13. The lowest BCUT2D eigenvalue weighted by molar-refractivity contribution is -0.145. The van der Waals surface area contributed by atoms with Crippen LogP contribution in [-0.2, 0) is 9.53 Å². The van der Waals surface area contributed by atoms with E-state index in [1.807, 2.05) is 0 Å². The standard InChI is InChI=1S/C11H21NO3.ClH/c1-2-15-11(14)10(12)7-8-3-5-9(13)6-4-8;/h8-10,13H,2-7,12H2,1H3;1H. The molecule has 0 radical (unpaired) electrons. The van der Waals surface area contributed by atoms with Crippen LogP contribution in [-0.4, -0.2) is 29.8 Å². The van der Waals surface area contributed by atoms with Crippen molar-refractivity contribution >= 4 is 18.4 Å². The van der Waals surface area contributed by atoms with Gasteiger partial charge in [0.1, 0.15) is 6.04 Å². The quantitative estimate of drug-likeness (QED) is 0.738. The Balaban J connectivity index is 0.00000225. The van der Waals surface area contributed by atoms with Crippen molar-refractivity contribution in [3.63, 3.8) is 0 Å². The fraction of sp³-hybridized carbons (Fsp3) is 0.909. The number of carbonyl (C=O) groups is 1. The summed E-state index contributed by atoms with van der Waals surface area (Å²) in [5, 5.41) is 9.33. The Kier molecular flexibility index (Phi) is 7.72. The minimum Gasteiger partial charge on any atom is -0.465 e. The summed E-state index contributed by atoms with van der Waals surface area (Å²) in [5.41, 5.74) is 5.73. The van der Waals surface area contributed by atoms with Crippen molar-refractivity contribution in [1.82, 2.24) is 0 Å². The highest BCUT2D eigenvalue weighted by Gasteiger charge is 2.24. The predicted octanol–water partition coefficient (Wildman–Crippen LogP) is 1.24. The number of aliphatic hydroxyl groups excluding tert-OH is 1. The van der Waals surface area contributed by atoms with Crippen molar-refractivity contribution in [2.24, 2.45) is 11.7 Å². The summed E-state index contributed by atoms with van der Waals surface area (Å²) in [4.78, 5) is 11.3. The SMILES string of the molecule is CCOC(=O)C(N)CC1CCC(O)CC1.Cl. The number of aliphatic hydroxyl groups is 1. The fourth-order valence-corrected chi connectivity index (χ4v) is 2.09. The van der Waals surface area contributed by atoms with Crippen LogP contribution in [0, 0.1) is 5.92 Å². The van der Waals surface area contributed by atoms with Gasteiger partial charge in [-0.1, -0.05) is 0 Å². The molecule has 96 valence electrons. The second-order valence-corrected chi connectivity index (χ2v) is 4.27. The van der Waals surface area contributed by atoms with E-state index in [2.05, 4.69) is 0 Å². The van der Waals surface area contributed by atoms with Crippen LogP contribution in [0.2, 0.25) is 0 Å². The third-order valence-corrected chi connectivity index (χ3v) is 2.99. The average molecular weight is 252 g/mol. The lowest BCUT2D eigenvalue weighted by Crippen LogP contribution is -2.35. The lowest BCUT2D eigenvalue weighted by atomic mass is 9.83. The molecule has 0 saturated heterocycles. The largest absolute Gasteiger partial charge is 0.465 e. The zero-order valence-electron chi connectivity index (χ0n) is 9.72. The molecule has 0 aromatic carbocycles. The molecule has 1 aliphatic carbocycles. The molecule has 0 amide bonds. The Labute approximate surface area is 103 Å². The van der Waals surface area contributed by atoms with E-state index in [1.165, 1.54) is 0 Å². The Morgan fingerprint density at radius 3 is 2.50 bits per heavy atom. The molecule has 0 bridgehead atoms. The fourth-order valence-electron chi connectivity index (χ4n) is 2.09. The monoisotopic (exact) mass is 251 g/mol. The molecular weight excluding hydrogens is 230 g/mol. The minimum absolute atomic E-state index is 0. The molecule has 1 unspecified atom stereocenters. The van der Waals surface area contributed by atoms with E-state index in [4.69, 9.17) is 10.5 Å². The average Bonchev–Trinajstić information content (AvgIpc) is 2.22. The molecule has 1 rings (SSSR count). The van der Waals surface area contributed by atoms with Gasteiger partial charge in [-0.15, -0.1) is 12.4 Å². The van der Waals surface area contributed by atoms with Gasteiger partial charge in [-0.25, -0.2) is 0 Å². The second kappa shape index (κ2) is 7.87. The molecule has 0 spiro atoms. The molecule has 0 heterocycles. The molecule has 0 aliphatic heterocycles. The van der Waals surface area contributed by atoms with Crippen LogP contribution in [0.5, 0.6) is 0 Å². The number of esters is 1. The van der Waals surface area contributed by atoms with Crippen molar-refractivity contribution in [3.05, 3.63) is 0 Å². The first-order valence-electron chi connectivity index (χ1n) is 5.73. The van der Waals surface area contributed by atoms with E-state index in [9.17, 15) is 9.90 Å². The number of carbonyl (C=O) groups excluding carboxylic acids is 1. The Morgan fingerprint density at radius 2 is 2.00 bits per heavy atom. The maximum atomic E-state index is 11.3. The maximum Gasteiger partial charge on any atom is 0.322 e. The summed E-state index contributed by atoms with van der Waals surface area (Å²) in [7, 11) is 0. The topological polar surface area (TPSA) is 72.5 Å². The number of hydrogen-bond donors (Lipinski definition) is 2. The molecule has 0 aromatic heterocycles. The first kappa shape index (κ1) is 15.7. The Hall–Kier alpha value is -0.320.